The first kappa shape index (κ1) is 15.0. The zero-order valence-corrected chi connectivity index (χ0v) is 13.9. The Balaban J connectivity index is 1.64. The van der Waals surface area contributed by atoms with Crippen LogP contribution in [0.5, 0.6) is 0 Å². The zero-order valence-electron chi connectivity index (χ0n) is 13.9. The Hall–Kier alpha value is -2.59. The maximum Gasteiger partial charge on any atom is 0.328 e. The average Bonchev–Trinajstić information content (AvgIpc) is 3.11. The second-order valence-electron chi connectivity index (χ2n) is 6.41. The van der Waals surface area contributed by atoms with Crippen LogP contribution in [0.1, 0.15) is 0 Å². The van der Waals surface area contributed by atoms with Crippen molar-refractivity contribution in [3.8, 4) is 11.1 Å². The Morgan fingerprint density at radius 3 is 2.50 bits per heavy atom. The number of hydrogen-bond donors (Lipinski definition) is 0. The summed E-state index contributed by atoms with van der Waals surface area (Å²) >= 11 is 0. The molecule has 1 aromatic heterocycles. The third kappa shape index (κ3) is 2.69. The summed E-state index contributed by atoms with van der Waals surface area (Å²) in [6.07, 6.45) is 3.82. The van der Waals surface area contributed by atoms with Gasteiger partial charge in [0.1, 0.15) is 0 Å². The second-order valence-corrected chi connectivity index (χ2v) is 6.41. The monoisotopic (exact) mass is 319 g/mol. The van der Waals surface area contributed by atoms with Crippen molar-refractivity contribution in [2.45, 2.75) is 0 Å². The van der Waals surface area contributed by atoms with Crippen molar-refractivity contribution < 1.29 is 4.79 Å². The van der Waals surface area contributed by atoms with Gasteiger partial charge >= 0.3 is 6.03 Å². The van der Waals surface area contributed by atoms with Gasteiger partial charge in [-0.15, -0.1) is 0 Å². The van der Waals surface area contributed by atoms with E-state index in [0.717, 1.165) is 37.3 Å². The van der Waals surface area contributed by atoms with Gasteiger partial charge in [0.05, 0.1) is 0 Å². The molecule has 2 heterocycles. The van der Waals surface area contributed by atoms with Gasteiger partial charge in [-0.2, -0.15) is 0 Å². The van der Waals surface area contributed by atoms with Gasteiger partial charge in [-0.05, 0) is 29.4 Å². The number of amides is 1. The fourth-order valence-corrected chi connectivity index (χ4v) is 3.31. The summed E-state index contributed by atoms with van der Waals surface area (Å²) in [7, 11) is 2.09. The first-order valence-corrected chi connectivity index (χ1v) is 8.36. The van der Waals surface area contributed by atoms with Crippen molar-refractivity contribution in [2.24, 2.45) is 0 Å². The van der Waals surface area contributed by atoms with Crippen LogP contribution >= 0.6 is 0 Å². The molecule has 1 aliphatic rings. The third-order valence-corrected chi connectivity index (χ3v) is 4.79. The number of hydrogen-bond acceptors (Lipinski definition) is 2. The van der Waals surface area contributed by atoms with Crippen LogP contribution in [0.15, 0.2) is 60.9 Å². The summed E-state index contributed by atoms with van der Waals surface area (Å²) in [5.74, 6) is 0. The van der Waals surface area contributed by atoms with Crippen molar-refractivity contribution in [2.75, 3.05) is 33.2 Å². The standard InChI is InChI=1S/C20H21N3O/c1-21-11-13-22(14-12-21)20(24)23-10-9-17(15-23)19-8-4-6-16-5-2-3-7-18(16)19/h2-10,15H,11-14H2,1H3. The highest BCUT2D eigenvalue weighted by molar-refractivity contribution is 5.97. The van der Waals surface area contributed by atoms with E-state index in [-0.39, 0.29) is 6.03 Å². The van der Waals surface area contributed by atoms with Crippen LogP contribution in [-0.4, -0.2) is 53.6 Å². The van der Waals surface area contributed by atoms with Crippen LogP contribution < -0.4 is 0 Å². The Morgan fingerprint density at radius 2 is 1.67 bits per heavy atom. The van der Waals surface area contributed by atoms with Crippen molar-refractivity contribution in [1.82, 2.24) is 14.4 Å². The van der Waals surface area contributed by atoms with Crippen LogP contribution in [0, 0.1) is 0 Å². The fourth-order valence-electron chi connectivity index (χ4n) is 3.31. The van der Waals surface area contributed by atoms with Gasteiger partial charge in [0, 0.05) is 44.1 Å². The molecule has 4 rings (SSSR count). The van der Waals surface area contributed by atoms with Gasteiger partial charge in [-0.25, -0.2) is 4.79 Å². The van der Waals surface area contributed by atoms with Gasteiger partial charge in [0.2, 0.25) is 0 Å². The molecule has 0 unspecified atom stereocenters. The van der Waals surface area contributed by atoms with E-state index in [1.54, 1.807) is 4.57 Å². The quantitative estimate of drug-likeness (QED) is 0.686. The first-order chi connectivity index (χ1) is 11.7. The minimum absolute atomic E-state index is 0.0644. The van der Waals surface area contributed by atoms with Crippen molar-refractivity contribution in [3.63, 3.8) is 0 Å². The Kier molecular flexibility index (Phi) is 3.82. The number of carbonyl (C=O) groups excluding carboxylic acids is 1. The molecular weight excluding hydrogens is 298 g/mol. The second kappa shape index (κ2) is 6.13. The van der Waals surface area contributed by atoms with Crippen LogP contribution in [0.3, 0.4) is 0 Å². The number of rotatable bonds is 1. The summed E-state index contributed by atoms with van der Waals surface area (Å²) in [6.45, 7) is 3.45. The third-order valence-electron chi connectivity index (χ3n) is 4.79. The van der Waals surface area contributed by atoms with E-state index in [2.05, 4.69) is 48.3 Å². The van der Waals surface area contributed by atoms with Crippen LogP contribution in [0.4, 0.5) is 4.79 Å². The summed E-state index contributed by atoms with van der Waals surface area (Å²) in [5, 5.41) is 2.43. The van der Waals surface area contributed by atoms with Gasteiger partial charge in [-0.1, -0.05) is 42.5 Å². The average molecular weight is 319 g/mol. The summed E-state index contributed by atoms with van der Waals surface area (Å²) in [5.41, 5.74) is 2.24. The topological polar surface area (TPSA) is 28.5 Å². The fraction of sp³-hybridized carbons (Fsp3) is 0.250. The van der Waals surface area contributed by atoms with Crippen molar-refractivity contribution >= 4 is 16.8 Å². The number of aromatic nitrogens is 1. The number of piperazine rings is 1. The highest BCUT2D eigenvalue weighted by Crippen LogP contribution is 2.28. The summed E-state index contributed by atoms with van der Waals surface area (Å²) in [4.78, 5) is 16.9. The molecule has 24 heavy (non-hydrogen) atoms. The van der Waals surface area contributed by atoms with Crippen LogP contribution in [-0.2, 0) is 0 Å². The number of likely N-dealkylation sites (N-methyl/N-ethyl adjacent to an activating group) is 1. The highest BCUT2D eigenvalue weighted by Gasteiger charge is 2.20. The minimum atomic E-state index is 0.0644. The van der Waals surface area contributed by atoms with Crippen molar-refractivity contribution in [3.05, 3.63) is 60.9 Å². The predicted molar refractivity (Wildman–Crippen MR) is 97.2 cm³/mol. The molecule has 0 radical (unpaired) electrons. The molecule has 0 atom stereocenters. The molecule has 1 fully saturated rings. The molecule has 0 aliphatic carbocycles. The lowest BCUT2D eigenvalue weighted by Gasteiger charge is -2.32. The predicted octanol–water partition coefficient (Wildman–Crippen LogP) is 3.52. The van der Waals surface area contributed by atoms with E-state index in [1.807, 2.05) is 29.4 Å². The number of nitrogens with zero attached hydrogens (tertiary/aromatic N) is 3. The zero-order chi connectivity index (χ0) is 16.5. The van der Waals surface area contributed by atoms with Gasteiger partial charge in [0.15, 0.2) is 0 Å². The highest BCUT2D eigenvalue weighted by atomic mass is 16.2. The lowest BCUT2D eigenvalue weighted by atomic mass is 10.0. The molecule has 1 amide bonds. The maximum atomic E-state index is 12.7. The number of carbonyl (C=O) groups is 1. The van der Waals surface area contributed by atoms with E-state index >= 15 is 0 Å². The Labute approximate surface area is 141 Å². The molecule has 1 saturated heterocycles. The van der Waals surface area contributed by atoms with E-state index in [1.165, 1.54) is 10.8 Å². The molecule has 4 heteroatoms. The molecular formula is C20H21N3O. The van der Waals surface area contributed by atoms with E-state index in [0.29, 0.717) is 0 Å². The lowest BCUT2D eigenvalue weighted by molar-refractivity contribution is 0.155. The molecule has 1 aliphatic heterocycles. The Bertz CT molecular complexity index is 870. The normalized spacial score (nSPS) is 15.8. The lowest BCUT2D eigenvalue weighted by Crippen LogP contribution is -2.48. The number of fused-ring (bicyclic) bond motifs is 1. The maximum absolute atomic E-state index is 12.7. The smallest absolute Gasteiger partial charge is 0.322 e. The van der Waals surface area contributed by atoms with Gasteiger partial charge in [-0.3, -0.25) is 4.57 Å². The first-order valence-electron chi connectivity index (χ1n) is 8.36. The molecule has 3 aromatic rings. The SMILES string of the molecule is CN1CCN(C(=O)n2ccc(-c3cccc4ccccc34)c2)CC1. The molecule has 122 valence electrons. The molecule has 4 nitrogen and oxygen atoms in total. The largest absolute Gasteiger partial charge is 0.328 e. The molecule has 0 saturated carbocycles. The Morgan fingerprint density at radius 1 is 0.917 bits per heavy atom. The molecule has 0 bridgehead atoms. The minimum Gasteiger partial charge on any atom is -0.322 e. The number of benzene rings is 2. The van der Waals surface area contributed by atoms with Gasteiger partial charge < -0.3 is 9.80 Å². The molecule has 2 aromatic carbocycles. The van der Waals surface area contributed by atoms with Crippen LogP contribution in [0.25, 0.3) is 21.9 Å². The van der Waals surface area contributed by atoms with E-state index in [4.69, 9.17) is 0 Å². The summed E-state index contributed by atoms with van der Waals surface area (Å²) < 4.78 is 1.71. The van der Waals surface area contributed by atoms with E-state index in [9.17, 15) is 4.79 Å². The van der Waals surface area contributed by atoms with Gasteiger partial charge in [0.25, 0.3) is 0 Å². The van der Waals surface area contributed by atoms with E-state index < -0.39 is 0 Å². The van der Waals surface area contributed by atoms with Crippen LogP contribution in [0.2, 0.25) is 0 Å². The molecule has 0 spiro atoms. The summed E-state index contributed by atoms with van der Waals surface area (Å²) in [6, 6.07) is 16.7. The molecule has 0 N–H and O–H groups in total. The van der Waals surface area contributed by atoms with Crippen molar-refractivity contribution in [1.29, 1.82) is 0 Å².